The number of anilines is 1. The van der Waals surface area contributed by atoms with Crippen LogP contribution in [0, 0.1) is 0 Å². The van der Waals surface area contributed by atoms with Gasteiger partial charge in [-0.15, -0.1) is 0 Å². The molecule has 2 heterocycles. The molecule has 0 spiro atoms. The molecule has 106 valence electrons. The van der Waals surface area contributed by atoms with Gasteiger partial charge in [0.05, 0.1) is 5.69 Å². The highest BCUT2D eigenvalue weighted by atomic mass is 32.1. The SMILES string of the molecule is CCC1CCC(C)N1c1nc2c(s1)C(NC)CCC2. The van der Waals surface area contributed by atoms with Crippen LogP contribution in [-0.4, -0.2) is 24.1 Å². The van der Waals surface area contributed by atoms with Crippen LogP contribution in [0.25, 0.3) is 0 Å². The first-order valence-electron chi connectivity index (χ1n) is 7.69. The fourth-order valence-corrected chi connectivity index (χ4v) is 5.04. The van der Waals surface area contributed by atoms with E-state index < -0.39 is 0 Å². The fourth-order valence-electron chi connectivity index (χ4n) is 3.61. The van der Waals surface area contributed by atoms with Crippen molar-refractivity contribution in [1.82, 2.24) is 10.3 Å². The lowest BCUT2D eigenvalue weighted by atomic mass is 9.98. The van der Waals surface area contributed by atoms with Crippen molar-refractivity contribution in [1.29, 1.82) is 0 Å². The van der Waals surface area contributed by atoms with Crippen LogP contribution in [0.2, 0.25) is 0 Å². The molecule has 3 rings (SSSR count). The Labute approximate surface area is 120 Å². The van der Waals surface area contributed by atoms with E-state index in [2.05, 4.69) is 31.1 Å². The maximum Gasteiger partial charge on any atom is 0.186 e. The lowest BCUT2D eigenvalue weighted by Gasteiger charge is -2.27. The minimum absolute atomic E-state index is 0.535. The van der Waals surface area contributed by atoms with Gasteiger partial charge in [0.2, 0.25) is 0 Å². The largest absolute Gasteiger partial charge is 0.342 e. The summed E-state index contributed by atoms with van der Waals surface area (Å²) in [5.41, 5.74) is 1.36. The van der Waals surface area contributed by atoms with Crippen LogP contribution in [0.4, 0.5) is 5.13 Å². The van der Waals surface area contributed by atoms with Gasteiger partial charge in [-0.25, -0.2) is 4.98 Å². The number of aromatic nitrogens is 1. The fraction of sp³-hybridized carbons (Fsp3) is 0.800. The quantitative estimate of drug-likeness (QED) is 0.918. The second-order valence-electron chi connectivity index (χ2n) is 5.94. The molecule has 1 aliphatic carbocycles. The molecule has 3 unspecified atom stereocenters. The van der Waals surface area contributed by atoms with Crippen molar-refractivity contribution in [3.8, 4) is 0 Å². The highest BCUT2D eigenvalue weighted by molar-refractivity contribution is 7.15. The van der Waals surface area contributed by atoms with E-state index in [1.165, 1.54) is 54.2 Å². The topological polar surface area (TPSA) is 28.2 Å². The first-order chi connectivity index (χ1) is 9.24. The van der Waals surface area contributed by atoms with Crippen LogP contribution >= 0.6 is 11.3 Å². The standard InChI is InChI=1S/C15H25N3S/c1-4-11-9-8-10(2)18(11)15-17-13-7-5-6-12(16-3)14(13)19-15/h10-12,16H,4-9H2,1-3H3. The first-order valence-corrected chi connectivity index (χ1v) is 8.51. The van der Waals surface area contributed by atoms with E-state index in [4.69, 9.17) is 4.98 Å². The summed E-state index contributed by atoms with van der Waals surface area (Å²) in [6.45, 7) is 4.66. The second-order valence-corrected chi connectivity index (χ2v) is 6.95. The summed E-state index contributed by atoms with van der Waals surface area (Å²) in [5, 5.41) is 4.73. The third kappa shape index (κ3) is 2.29. The number of nitrogens with one attached hydrogen (secondary N) is 1. The van der Waals surface area contributed by atoms with Crippen LogP contribution in [-0.2, 0) is 6.42 Å². The van der Waals surface area contributed by atoms with Gasteiger partial charge in [0.1, 0.15) is 0 Å². The van der Waals surface area contributed by atoms with Crippen molar-refractivity contribution in [3.63, 3.8) is 0 Å². The van der Waals surface area contributed by atoms with Crippen molar-refractivity contribution >= 4 is 16.5 Å². The number of thiazole rings is 1. The maximum atomic E-state index is 4.98. The van der Waals surface area contributed by atoms with Crippen LogP contribution in [0.1, 0.15) is 62.6 Å². The number of nitrogens with zero attached hydrogens (tertiary/aromatic N) is 2. The van der Waals surface area contributed by atoms with E-state index in [1.54, 1.807) is 0 Å². The van der Waals surface area contributed by atoms with Crippen LogP contribution in [0.5, 0.6) is 0 Å². The van der Waals surface area contributed by atoms with Gasteiger partial charge in [0.25, 0.3) is 0 Å². The van der Waals surface area contributed by atoms with Crippen molar-refractivity contribution in [2.45, 2.75) is 70.5 Å². The van der Waals surface area contributed by atoms with Crippen LogP contribution in [0.3, 0.4) is 0 Å². The van der Waals surface area contributed by atoms with E-state index in [0.717, 1.165) is 0 Å². The molecule has 1 aromatic rings. The van der Waals surface area contributed by atoms with E-state index in [1.807, 2.05) is 11.3 Å². The third-order valence-electron chi connectivity index (χ3n) is 4.77. The Hall–Kier alpha value is -0.610. The molecule has 1 aromatic heterocycles. The zero-order valence-corrected chi connectivity index (χ0v) is 13.1. The Morgan fingerprint density at radius 1 is 1.37 bits per heavy atom. The monoisotopic (exact) mass is 279 g/mol. The van der Waals surface area contributed by atoms with Crippen LogP contribution < -0.4 is 10.2 Å². The minimum Gasteiger partial charge on any atom is -0.342 e. The average molecular weight is 279 g/mol. The summed E-state index contributed by atoms with van der Waals surface area (Å²) >= 11 is 1.94. The molecule has 3 nitrogen and oxygen atoms in total. The number of hydrogen-bond donors (Lipinski definition) is 1. The van der Waals surface area contributed by atoms with Gasteiger partial charge in [-0.05, 0) is 52.5 Å². The molecular weight excluding hydrogens is 254 g/mol. The van der Waals surface area contributed by atoms with Gasteiger partial charge in [-0.2, -0.15) is 0 Å². The summed E-state index contributed by atoms with van der Waals surface area (Å²) in [7, 11) is 2.08. The molecule has 2 aliphatic rings. The molecule has 1 aliphatic heterocycles. The Morgan fingerprint density at radius 3 is 2.95 bits per heavy atom. The predicted octanol–water partition coefficient (Wildman–Crippen LogP) is 3.51. The molecule has 0 bridgehead atoms. The van der Waals surface area contributed by atoms with Crippen LogP contribution in [0.15, 0.2) is 0 Å². The van der Waals surface area contributed by atoms with E-state index >= 15 is 0 Å². The maximum absolute atomic E-state index is 4.98. The lowest BCUT2D eigenvalue weighted by Crippen LogP contribution is -2.33. The minimum atomic E-state index is 0.535. The molecule has 0 saturated carbocycles. The molecule has 0 amide bonds. The van der Waals surface area contributed by atoms with Gasteiger partial charge in [-0.3, -0.25) is 0 Å². The van der Waals surface area contributed by atoms with E-state index in [-0.39, 0.29) is 0 Å². The summed E-state index contributed by atoms with van der Waals surface area (Å²) in [6, 6.07) is 1.90. The summed E-state index contributed by atoms with van der Waals surface area (Å²) in [4.78, 5) is 9.07. The Balaban J connectivity index is 1.91. The molecule has 0 aromatic carbocycles. The molecule has 4 heteroatoms. The Bertz CT molecular complexity index is 443. The molecular formula is C15H25N3S. The number of aryl methyl sites for hydroxylation is 1. The Morgan fingerprint density at radius 2 is 2.21 bits per heavy atom. The number of hydrogen-bond acceptors (Lipinski definition) is 4. The predicted molar refractivity (Wildman–Crippen MR) is 82.1 cm³/mol. The van der Waals surface area contributed by atoms with Crippen molar-refractivity contribution in [2.75, 3.05) is 11.9 Å². The number of fused-ring (bicyclic) bond motifs is 1. The molecule has 19 heavy (non-hydrogen) atoms. The van der Waals surface area contributed by atoms with Gasteiger partial charge >= 0.3 is 0 Å². The zero-order valence-electron chi connectivity index (χ0n) is 12.3. The molecule has 1 saturated heterocycles. The molecule has 1 fully saturated rings. The summed E-state index contributed by atoms with van der Waals surface area (Å²) in [5.74, 6) is 0. The molecule has 1 N–H and O–H groups in total. The molecule has 3 atom stereocenters. The Kier molecular flexibility index (Phi) is 3.81. The summed E-state index contributed by atoms with van der Waals surface area (Å²) < 4.78 is 0. The van der Waals surface area contributed by atoms with E-state index in [9.17, 15) is 0 Å². The average Bonchev–Trinajstić information content (AvgIpc) is 3.00. The zero-order chi connectivity index (χ0) is 13.4. The van der Waals surface area contributed by atoms with Gasteiger partial charge in [-0.1, -0.05) is 18.3 Å². The normalized spacial score (nSPS) is 30.7. The van der Waals surface area contributed by atoms with Gasteiger partial charge < -0.3 is 10.2 Å². The van der Waals surface area contributed by atoms with Gasteiger partial charge in [0, 0.05) is 23.0 Å². The second kappa shape index (κ2) is 5.41. The third-order valence-corrected chi connectivity index (χ3v) is 5.99. The number of rotatable bonds is 3. The van der Waals surface area contributed by atoms with Crippen molar-refractivity contribution in [3.05, 3.63) is 10.6 Å². The van der Waals surface area contributed by atoms with Crippen molar-refractivity contribution in [2.24, 2.45) is 0 Å². The molecule has 0 radical (unpaired) electrons. The lowest BCUT2D eigenvalue weighted by molar-refractivity contribution is 0.501. The first kappa shape index (κ1) is 13.4. The highest BCUT2D eigenvalue weighted by Crippen LogP contribution is 2.41. The van der Waals surface area contributed by atoms with Gasteiger partial charge in [0.15, 0.2) is 5.13 Å². The van der Waals surface area contributed by atoms with E-state index in [0.29, 0.717) is 18.1 Å². The highest BCUT2D eigenvalue weighted by Gasteiger charge is 2.33. The van der Waals surface area contributed by atoms with Crippen molar-refractivity contribution < 1.29 is 0 Å². The smallest absolute Gasteiger partial charge is 0.186 e. The summed E-state index contributed by atoms with van der Waals surface area (Å²) in [6.07, 6.45) is 7.59.